The maximum Gasteiger partial charge on any atom is 0.255 e. The van der Waals surface area contributed by atoms with E-state index in [2.05, 4.69) is 9.88 Å². The largest absolute Gasteiger partial charge is 0.383 e. The number of hydrogen-bond donors (Lipinski definition) is 0. The molecule has 2 aliphatic heterocycles. The summed E-state index contributed by atoms with van der Waals surface area (Å²) < 4.78 is 11.0. The van der Waals surface area contributed by atoms with Crippen molar-refractivity contribution < 1.29 is 14.3 Å². The molecule has 6 nitrogen and oxygen atoms in total. The van der Waals surface area contributed by atoms with Crippen LogP contribution in [0.4, 0.5) is 0 Å². The molecule has 0 radical (unpaired) electrons. The van der Waals surface area contributed by atoms with E-state index in [0.29, 0.717) is 5.56 Å². The quantitative estimate of drug-likeness (QED) is 0.830. The summed E-state index contributed by atoms with van der Waals surface area (Å²) in [5.41, 5.74) is 0.724. The van der Waals surface area contributed by atoms with Crippen LogP contribution in [0.3, 0.4) is 0 Å². The number of methoxy groups -OCH3 is 1. The van der Waals surface area contributed by atoms with Crippen LogP contribution in [0.2, 0.25) is 0 Å². The highest BCUT2D eigenvalue weighted by Crippen LogP contribution is 2.32. The number of hydrogen-bond acceptors (Lipinski definition) is 5. The van der Waals surface area contributed by atoms with E-state index in [4.69, 9.17) is 9.47 Å². The van der Waals surface area contributed by atoms with Crippen LogP contribution in [-0.4, -0.2) is 79.3 Å². The Kier molecular flexibility index (Phi) is 5.25. The molecule has 0 aliphatic carbocycles. The predicted octanol–water partition coefficient (Wildman–Crippen LogP) is 1.04. The molecule has 1 aromatic heterocycles. The van der Waals surface area contributed by atoms with E-state index >= 15 is 0 Å². The summed E-state index contributed by atoms with van der Waals surface area (Å²) in [7, 11) is 1.74. The molecule has 2 aliphatic rings. The molecule has 0 saturated carbocycles. The highest BCUT2D eigenvalue weighted by atomic mass is 16.5. The van der Waals surface area contributed by atoms with Gasteiger partial charge in [0.25, 0.3) is 5.91 Å². The van der Waals surface area contributed by atoms with Gasteiger partial charge in [-0.05, 0) is 25.0 Å². The molecule has 0 N–H and O–H groups in total. The van der Waals surface area contributed by atoms with Gasteiger partial charge >= 0.3 is 0 Å². The summed E-state index contributed by atoms with van der Waals surface area (Å²) in [6, 6.07) is 3.63. The van der Waals surface area contributed by atoms with Gasteiger partial charge in [-0.1, -0.05) is 0 Å². The highest BCUT2D eigenvalue weighted by Gasteiger charge is 2.42. The molecule has 0 atom stereocenters. The molecule has 0 bridgehead atoms. The van der Waals surface area contributed by atoms with Gasteiger partial charge in [-0.3, -0.25) is 14.7 Å². The lowest BCUT2D eigenvalue weighted by Gasteiger charge is -2.51. The van der Waals surface area contributed by atoms with E-state index in [0.717, 1.165) is 58.8 Å². The van der Waals surface area contributed by atoms with Crippen molar-refractivity contribution in [2.75, 3.05) is 53.1 Å². The molecule has 0 unspecified atom stereocenters. The standard InChI is InChI=1S/C17H25N3O3/c1-22-11-9-20-10-12-23-14-17(20)4-7-19(8-5-17)16(21)15-3-2-6-18-13-15/h2-3,6,13H,4-5,7-12,14H2,1H3. The summed E-state index contributed by atoms with van der Waals surface area (Å²) in [4.78, 5) is 21.0. The van der Waals surface area contributed by atoms with Gasteiger partial charge in [-0.15, -0.1) is 0 Å². The molecule has 23 heavy (non-hydrogen) atoms. The van der Waals surface area contributed by atoms with Gasteiger partial charge in [-0.25, -0.2) is 0 Å². The number of piperidine rings is 1. The lowest BCUT2D eigenvalue weighted by Crippen LogP contribution is -2.62. The van der Waals surface area contributed by atoms with Crippen molar-refractivity contribution in [1.82, 2.24) is 14.8 Å². The molecule has 1 aromatic rings. The Labute approximate surface area is 137 Å². The Morgan fingerprint density at radius 1 is 1.39 bits per heavy atom. The second-order valence-electron chi connectivity index (χ2n) is 6.29. The van der Waals surface area contributed by atoms with E-state index < -0.39 is 0 Å². The number of amides is 1. The smallest absolute Gasteiger partial charge is 0.255 e. The third-order valence-corrected chi connectivity index (χ3v) is 5.00. The van der Waals surface area contributed by atoms with E-state index in [1.54, 1.807) is 25.6 Å². The minimum atomic E-state index is 0.0580. The SMILES string of the molecule is COCCN1CCOCC12CCN(C(=O)c1cccnc1)CC2. The summed E-state index contributed by atoms with van der Waals surface area (Å²) in [6.45, 7) is 5.67. The van der Waals surface area contributed by atoms with Crippen LogP contribution in [0.1, 0.15) is 23.2 Å². The molecule has 1 amide bonds. The van der Waals surface area contributed by atoms with E-state index in [1.807, 2.05) is 11.0 Å². The van der Waals surface area contributed by atoms with Crippen LogP contribution in [-0.2, 0) is 9.47 Å². The van der Waals surface area contributed by atoms with Gasteiger partial charge in [0.1, 0.15) is 0 Å². The Morgan fingerprint density at radius 2 is 2.22 bits per heavy atom. The van der Waals surface area contributed by atoms with Crippen LogP contribution < -0.4 is 0 Å². The summed E-state index contributed by atoms with van der Waals surface area (Å²) in [6.07, 6.45) is 5.22. The fourth-order valence-electron chi connectivity index (χ4n) is 3.57. The Hall–Kier alpha value is -1.50. The number of ether oxygens (including phenoxy) is 2. The molecular formula is C17H25N3O3. The first-order valence-corrected chi connectivity index (χ1v) is 8.26. The Morgan fingerprint density at radius 3 is 2.91 bits per heavy atom. The fraction of sp³-hybridized carbons (Fsp3) is 0.647. The molecular weight excluding hydrogens is 294 g/mol. The summed E-state index contributed by atoms with van der Waals surface area (Å²) in [5.74, 6) is 0.0770. The summed E-state index contributed by atoms with van der Waals surface area (Å²) >= 11 is 0. The zero-order chi connectivity index (χ0) is 16.1. The minimum Gasteiger partial charge on any atom is -0.383 e. The van der Waals surface area contributed by atoms with E-state index in [-0.39, 0.29) is 11.4 Å². The van der Waals surface area contributed by atoms with Crippen LogP contribution in [0.25, 0.3) is 0 Å². The number of morpholine rings is 1. The maximum atomic E-state index is 12.5. The lowest BCUT2D eigenvalue weighted by molar-refractivity contribution is -0.0968. The first-order chi connectivity index (χ1) is 11.2. The number of likely N-dealkylation sites (tertiary alicyclic amines) is 1. The van der Waals surface area contributed by atoms with Crippen LogP contribution >= 0.6 is 0 Å². The third kappa shape index (κ3) is 3.54. The fourth-order valence-corrected chi connectivity index (χ4v) is 3.57. The second kappa shape index (κ2) is 7.38. The molecule has 3 heterocycles. The van der Waals surface area contributed by atoms with Crippen molar-refractivity contribution in [2.45, 2.75) is 18.4 Å². The van der Waals surface area contributed by atoms with Crippen molar-refractivity contribution >= 4 is 5.91 Å². The molecule has 2 saturated heterocycles. The van der Waals surface area contributed by atoms with E-state index in [9.17, 15) is 4.79 Å². The van der Waals surface area contributed by atoms with E-state index in [1.165, 1.54) is 0 Å². The number of carbonyl (C=O) groups excluding carboxylic acids is 1. The van der Waals surface area contributed by atoms with Crippen molar-refractivity contribution in [3.63, 3.8) is 0 Å². The molecule has 2 fully saturated rings. The van der Waals surface area contributed by atoms with Gasteiger partial charge in [-0.2, -0.15) is 0 Å². The Bertz CT molecular complexity index is 515. The summed E-state index contributed by atoms with van der Waals surface area (Å²) in [5, 5.41) is 0. The van der Waals surface area contributed by atoms with Gasteiger partial charge in [0, 0.05) is 51.2 Å². The number of pyridine rings is 1. The highest BCUT2D eigenvalue weighted by molar-refractivity contribution is 5.93. The normalized spacial score (nSPS) is 21.5. The number of aromatic nitrogens is 1. The molecule has 0 aromatic carbocycles. The first kappa shape index (κ1) is 16.4. The number of nitrogens with zero attached hydrogens (tertiary/aromatic N) is 3. The van der Waals surface area contributed by atoms with Crippen LogP contribution in [0.5, 0.6) is 0 Å². The predicted molar refractivity (Wildman–Crippen MR) is 86.4 cm³/mol. The Balaban J connectivity index is 1.63. The van der Waals surface area contributed by atoms with Gasteiger partial charge in [0.05, 0.1) is 25.4 Å². The number of carbonyl (C=O) groups is 1. The zero-order valence-corrected chi connectivity index (χ0v) is 13.7. The monoisotopic (exact) mass is 319 g/mol. The van der Waals surface area contributed by atoms with Gasteiger partial charge < -0.3 is 14.4 Å². The average Bonchev–Trinajstić information content (AvgIpc) is 2.62. The van der Waals surface area contributed by atoms with Crippen LogP contribution in [0, 0.1) is 0 Å². The van der Waals surface area contributed by atoms with Crippen molar-refractivity contribution in [3.8, 4) is 0 Å². The second-order valence-corrected chi connectivity index (χ2v) is 6.29. The van der Waals surface area contributed by atoms with Crippen molar-refractivity contribution in [1.29, 1.82) is 0 Å². The number of rotatable bonds is 4. The topological polar surface area (TPSA) is 54.9 Å². The molecule has 6 heteroatoms. The first-order valence-electron chi connectivity index (χ1n) is 8.26. The third-order valence-electron chi connectivity index (χ3n) is 5.00. The molecule has 126 valence electrons. The lowest BCUT2D eigenvalue weighted by atomic mass is 9.85. The molecule has 1 spiro atoms. The zero-order valence-electron chi connectivity index (χ0n) is 13.7. The molecule has 3 rings (SSSR count). The van der Waals surface area contributed by atoms with Gasteiger partial charge in [0.2, 0.25) is 0 Å². The van der Waals surface area contributed by atoms with Crippen molar-refractivity contribution in [3.05, 3.63) is 30.1 Å². The minimum absolute atomic E-state index is 0.0580. The maximum absolute atomic E-state index is 12.5. The average molecular weight is 319 g/mol. The van der Waals surface area contributed by atoms with Gasteiger partial charge in [0.15, 0.2) is 0 Å². The van der Waals surface area contributed by atoms with Crippen molar-refractivity contribution in [2.24, 2.45) is 0 Å². The van der Waals surface area contributed by atoms with Crippen LogP contribution in [0.15, 0.2) is 24.5 Å².